The minimum atomic E-state index is -0.259. The van der Waals surface area contributed by atoms with Crippen LogP contribution in [0.5, 0.6) is 5.75 Å². The molecule has 1 atom stereocenters. The van der Waals surface area contributed by atoms with Crippen molar-refractivity contribution >= 4 is 26.7 Å². The monoisotopic (exact) mass is 374 g/mol. The number of hydrogen-bond donors (Lipinski definition) is 0. The lowest BCUT2D eigenvalue weighted by Crippen LogP contribution is -2.09. The molecule has 3 aromatic carbocycles. The third-order valence-electron chi connectivity index (χ3n) is 3.59. The molecule has 3 aromatic rings. The standard InChI is InChI=1S/C22H15BrO/c1-3-20-21-13-12-19(23)15-18(21)11-14-22(20)24-16(2)9-10-17-7-5-4-6-8-17/h1,4-8,11-16H,2H3/t16-/m0/s1. The average molecular weight is 375 g/mol. The van der Waals surface area contributed by atoms with Crippen molar-refractivity contribution in [3.63, 3.8) is 0 Å². The predicted octanol–water partition coefficient (Wildman–Crippen LogP) is 5.40. The molecule has 0 spiro atoms. The van der Waals surface area contributed by atoms with Crippen LogP contribution in [0, 0.1) is 24.2 Å². The van der Waals surface area contributed by atoms with Gasteiger partial charge >= 0.3 is 0 Å². The van der Waals surface area contributed by atoms with Gasteiger partial charge < -0.3 is 4.74 Å². The number of rotatable bonds is 2. The number of ether oxygens (including phenoxy) is 1. The summed E-state index contributed by atoms with van der Waals surface area (Å²) in [7, 11) is 0. The molecule has 0 aliphatic carbocycles. The highest BCUT2D eigenvalue weighted by atomic mass is 79.9. The second-order valence-electron chi connectivity index (χ2n) is 5.34. The fourth-order valence-corrected chi connectivity index (χ4v) is 2.83. The summed E-state index contributed by atoms with van der Waals surface area (Å²) in [6.07, 6.45) is 5.46. The normalized spacial score (nSPS) is 11.2. The Morgan fingerprint density at radius 1 is 1.04 bits per heavy atom. The summed E-state index contributed by atoms with van der Waals surface area (Å²) in [6, 6.07) is 19.8. The van der Waals surface area contributed by atoms with Crippen molar-refractivity contribution < 1.29 is 4.74 Å². The zero-order valence-electron chi connectivity index (χ0n) is 13.2. The molecule has 0 bridgehead atoms. The van der Waals surface area contributed by atoms with E-state index in [9.17, 15) is 0 Å². The number of hydrogen-bond acceptors (Lipinski definition) is 1. The van der Waals surface area contributed by atoms with Gasteiger partial charge in [0.05, 0.1) is 5.56 Å². The maximum atomic E-state index is 5.97. The van der Waals surface area contributed by atoms with Crippen molar-refractivity contribution in [2.45, 2.75) is 13.0 Å². The lowest BCUT2D eigenvalue weighted by molar-refractivity contribution is 0.278. The minimum absolute atomic E-state index is 0.259. The van der Waals surface area contributed by atoms with Crippen LogP contribution in [0.2, 0.25) is 0 Å². The number of fused-ring (bicyclic) bond motifs is 1. The van der Waals surface area contributed by atoms with Gasteiger partial charge in [-0.1, -0.05) is 64.0 Å². The maximum Gasteiger partial charge on any atom is 0.156 e. The van der Waals surface area contributed by atoms with Crippen molar-refractivity contribution in [3.05, 3.63) is 76.3 Å². The first-order chi connectivity index (χ1) is 11.7. The van der Waals surface area contributed by atoms with Gasteiger partial charge in [-0.15, -0.1) is 6.42 Å². The van der Waals surface area contributed by atoms with Crippen LogP contribution in [-0.2, 0) is 0 Å². The average Bonchev–Trinajstić information content (AvgIpc) is 2.60. The summed E-state index contributed by atoms with van der Waals surface area (Å²) < 4.78 is 6.99. The van der Waals surface area contributed by atoms with Gasteiger partial charge in [-0.05, 0) is 42.6 Å². The topological polar surface area (TPSA) is 9.23 Å². The van der Waals surface area contributed by atoms with E-state index in [1.807, 2.05) is 67.6 Å². The first kappa shape index (κ1) is 16.2. The Bertz CT molecular complexity index is 972. The van der Waals surface area contributed by atoms with E-state index in [0.29, 0.717) is 5.75 Å². The van der Waals surface area contributed by atoms with Crippen LogP contribution in [0.15, 0.2) is 65.1 Å². The lowest BCUT2D eigenvalue weighted by atomic mass is 10.0. The molecule has 0 saturated heterocycles. The molecule has 24 heavy (non-hydrogen) atoms. The van der Waals surface area contributed by atoms with Crippen molar-refractivity contribution in [2.24, 2.45) is 0 Å². The van der Waals surface area contributed by atoms with Gasteiger partial charge in [0.1, 0.15) is 5.75 Å². The molecule has 0 aliphatic rings. The Balaban J connectivity index is 1.89. The second kappa shape index (κ2) is 7.26. The van der Waals surface area contributed by atoms with Crippen LogP contribution in [0.1, 0.15) is 18.1 Å². The van der Waals surface area contributed by atoms with Gasteiger partial charge in [0.15, 0.2) is 6.10 Å². The minimum Gasteiger partial charge on any atom is -0.477 e. The van der Waals surface area contributed by atoms with E-state index in [4.69, 9.17) is 11.2 Å². The van der Waals surface area contributed by atoms with Crippen molar-refractivity contribution in [1.82, 2.24) is 0 Å². The number of terminal acetylenes is 1. The van der Waals surface area contributed by atoms with Crippen LogP contribution in [0.3, 0.4) is 0 Å². The SMILES string of the molecule is C#Cc1c(O[C@@H](C)C#Cc2ccccc2)ccc2cc(Br)ccc12. The number of halogens is 1. The molecule has 2 heteroatoms. The highest BCUT2D eigenvalue weighted by molar-refractivity contribution is 9.10. The van der Waals surface area contributed by atoms with Crippen molar-refractivity contribution in [1.29, 1.82) is 0 Å². The van der Waals surface area contributed by atoms with Gasteiger partial charge in [-0.3, -0.25) is 0 Å². The highest BCUT2D eigenvalue weighted by Crippen LogP contribution is 2.30. The first-order valence-electron chi connectivity index (χ1n) is 7.59. The van der Waals surface area contributed by atoms with Crippen LogP contribution in [-0.4, -0.2) is 6.10 Å². The summed E-state index contributed by atoms with van der Waals surface area (Å²) in [5, 5.41) is 2.08. The summed E-state index contributed by atoms with van der Waals surface area (Å²) in [5.41, 5.74) is 1.72. The fraction of sp³-hybridized carbons (Fsp3) is 0.0909. The van der Waals surface area contributed by atoms with Crippen LogP contribution in [0.25, 0.3) is 10.8 Å². The van der Waals surface area contributed by atoms with E-state index in [0.717, 1.165) is 26.4 Å². The fourth-order valence-electron chi connectivity index (χ4n) is 2.45. The van der Waals surface area contributed by atoms with E-state index in [2.05, 4.69) is 33.7 Å². The molecule has 116 valence electrons. The second-order valence-corrected chi connectivity index (χ2v) is 6.26. The predicted molar refractivity (Wildman–Crippen MR) is 103 cm³/mol. The van der Waals surface area contributed by atoms with E-state index >= 15 is 0 Å². The summed E-state index contributed by atoms with van der Waals surface area (Å²) >= 11 is 3.48. The van der Waals surface area contributed by atoms with E-state index in [1.54, 1.807) is 0 Å². The van der Waals surface area contributed by atoms with Crippen LogP contribution < -0.4 is 4.74 Å². The molecule has 0 radical (unpaired) electrons. The smallest absolute Gasteiger partial charge is 0.156 e. The molecule has 3 rings (SSSR count). The molecular weight excluding hydrogens is 360 g/mol. The van der Waals surface area contributed by atoms with Crippen molar-refractivity contribution in [2.75, 3.05) is 0 Å². The molecule has 0 amide bonds. The Morgan fingerprint density at radius 2 is 1.83 bits per heavy atom. The summed E-state index contributed by atoms with van der Waals surface area (Å²) in [5.74, 6) is 9.65. The Kier molecular flexibility index (Phi) is 4.90. The van der Waals surface area contributed by atoms with E-state index < -0.39 is 0 Å². The lowest BCUT2D eigenvalue weighted by Gasteiger charge is -2.13. The molecule has 0 heterocycles. The van der Waals surface area contributed by atoms with E-state index in [-0.39, 0.29) is 6.10 Å². The number of benzene rings is 3. The molecular formula is C22H15BrO. The van der Waals surface area contributed by atoms with Crippen LogP contribution in [0.4, 0.5) is 0 Å². The van der Waals surface area contributed by atoms with E-state index in [1.165, 1.54) is 0 Å². The first-order valence-corrected chi connectivity index (χ1v) is 8.39. The van der Waals surface area contributed by atoms with Crippen molar-refractivity contribution in [3.8, 4) is 29.9 Å². The molecule has 0 unspecified atom stereocenters. The molecule has 1 nitrogen and oxygen atoms in total. The largest absolute Gasteiger partial charge is 0.477 e. The zero-order valence-corrected chi connectivity index (χ0v) is 14.8. The maximum absolute atomic E-state index is 5.97. The third kappa shape index (κ3) is 3.62. The molecule has 0 N–H and O–H groups in total. The zero-order chi connectivity index (χ0) is 16.9. The molecule has 0 aromatic heterocycles. The molecule has 0 aliphatic heterocycles. The third-order valence-corrected chi connectivity index (χ3v) is 4.08. The Morgan fingerprint density at radius 3 is 2.58 bits per heavy atom. The quantitative estimate of drug-likeness (QED) is 0.545. The van der Waals surface area contributed by atoms with Gasteiger partial charge in [0.25, 0.3) is 0 Å². The van der Waals surface area contributed by atoms with Gasteiger partial charge in [0, 0.05) is 15.4 Å². The van der Waals surface area contributed by atoms with Gasteiger partial charge in [-0.25, -0.2) is 0 Å². The summed E-state index contributed by atoms with van der Waals surface area (Å²) in [4.78, 5) is 0. The molecule has 0 saturated carbocycles. The van der Waals surface area contributed by atoms with Crippen LogP contribution >= 0.6 is 15.9 Å². The molecule has 0 fully saturated rings. The summed E-state index contributed by atoms with van der Waals surface area (Å²) in [6.45, 7) is 1.92. The Hall–Kier alpha value is -2.68. The van der Waals surface area contributed by atoms with Gasteiger partial charge in [-0.2, -0.15) is 0 Å². The highest BCUT2D eigenvalue weighted by Gasteiger charge is 2.09. The Labute approximate surface area is 150 Å². The van der Waals surface area contributed by atoms with Gasteiger partial charge in [0.2, 0.25) is 0 Å².